The zero-order valence-corrected chi connectivity index (χ0v) is 16.9. The summed E-state index contributed by atoms with van der Waals surface area (Å²) in [5, 5.41) is 24.0. The van der Waals surface area contributed by atoms with Gasteiger partial charge in [0.15, 0.2) is 5.92 Å². The molecule has 2 aliphatic rings. The molecule has 29 heavy (non-hydrogen) atoms. The molecule has 1 aromatic rings. The van der Waals surface area contributed by atoms with E-state index < -0.39 is 5.92 Å². The number of ether oxygens (including phenoxy) is 1. The third-order valence-electron chi connectivity index (χ3n) is 5.34. The molecule has 3 rings (SSSR count). The molecule has 1 aromatic carbocycles. The molecule has 2 amide bonds. The number of nitrogens with one attached hydrogen (secondary N) is 2. The van der Waals surface area contributed by atoms with Crippen LogP contribution in [0.4, 0.5) is 4.79 Å². The largest absolute Gasteiger partial charge is 0.463 e. The Morgan fingerprint density at radius 1 is 1.24 bits per heavy atom. The number of rotatable bonds is 9. The number of carbonyl (C=O) groups excluding carboxylic acids is 2. The van der Waals surface area contributed by atoms with Crippen LogP contribution in [-0.2, 0) is 16.0 Å². The summed E-state index contributed by atoms with van der Waals surface area (Å²) >= 11 is 1.86. The van der Waals surface area contributed by atoms with E-state index in [1.165, 1.54) is 0 Å². The Balaban J connectivity index is 1.54. The van der Waals surface area contributed by atoms with Crippen LogP contribution in [0.5, 0.6) is 0 Å². The Kier molecular flexibility index (Phi) is 7.37. The first-order valence-corrected chi connectivity index (χ1v) is 10.8. The third-order valence-corrected chi connectivity index (χ3v) is 6.85. The normalized spacial score (nSPS) is 23.4. The molecule has 2 saturated heterocycles. The first-order valence-electron chi connectivity index (χ1n) is 9.79. The first-order chi connectivity index (χ1) is 14.1. The molecule has 4 atom stereocenters. The molecular weight excluding hydrogens is 388 g/mol. The van der Waals surface area contributed by atoms with Gasteiger partial charge in [0.25, 0.3) is 0 Å². The minimum Gasteiger partial charge on any atom is -0.463 e. The number of nitriles is 2. The number of thioether (sulfide) groups is 1. The number of amides is 2. The van der Waals surface area contributed by atoms with Gasteiger partial charge in [0.05, 0.1) is 30.1 Å². The van der Waals surface area contributed by atoms with Gasteiger partial charge >= 0.3 is 12.0 Å². The smallest absolute Gasteiger partial charge is 0.315 e. The van der Waals surface area contributed by atoms with E-state index in [0.717, 1.165) is 24.2 Å². The number of urea groups is 1. The standard InChI is InChI=1S/C21H24N4O3S/c22-10-15(11-23)12-28-20(26)16(9-14-5-2-1-3-6-14)7-4-8-18-19-17(13-29-18)24-21(27)25-19/h1-3,5-6,15-19H,4,7-9,12-13H2,(H2,24,25,27)/t16?,17-,18-,19-/m0/s1. The fraction of sp³-hybridized carbons (Fsp3) is 0.524. The van der Waals surface area contributed by atoms with E-state index in [-0.39, 0.29) is 36.6 Å². The number of nitrogens with zero attached hydrogens (tertiary/aromatic N) is 2. The van der Waals surface area contributed by atoms with Gasteiger partial charge in [-0.25, -0.2) is 4.79 Å². The monoisotopic (exact) mass is 412 g/mol. The van der Waals surface area contributed by atoms with Crippen LogP contribution in [-0.4, -0.2) is 41.7 Å². The van der Waals surface area contributed by atoms with Crippen molar-refractivity contribution in [3.63, 3.8) is 0 Å². The van der Waals surface area contributed by atoms with Crippen molar-refractivity contribution in [3.05, 3.63) is 35.9 Å². The van der Waals surface area contributed by atoms with Crippen molar-refractivity contribution in [1.29, 1.82) is 10.5 Å². The predicted octanol–water partition coefficient (Wildman–Crippen LogP) is 2.39. The number of carbonyl (C=O) groups is 2. The highest BCUT2D eigenvalue weighted by Gasteiger charge is 2.42. The minimum absolute atomic E-state index is 0.0969. The van der Waals surface area contributed by atoms with E-state index in [2.05, 4.69) is 10.6 Å². The van der Waals surface area contributed by atoms with Crippen LogP contribution in [0.25, 0.3) is 0 Å². The quantitative estimate of drug-likeness (QED) is 0.475. The lowest BCUT2D eigenvalue weighted by Crippen LogP contribution is -2.36. The van der Waals surface area contributed by atoms with Crippen LogP contribution >= 0.6 is 11.8 Å². The lowest BCUT2D eigenvalue weighted by Gasteiger charge is -2.19. The molecule has 8 heteroatoms. The average Bonchev–Trinajstić information content (AvgIpc) is 3.28. The van der Waals surface area contributed by atoms with Gasteiger partial charge in [-0.15, -0.1) is 0 Å². The van der Waals surface area contributed by atoms with Crippen LogP contribution in [0.1, 0.15) is 24.8 Å². The van der Waals surface area contributed by atoms with Crippen molar-refractivity contribution in [2.75, 3.05) is 12.4 Å². The van der Waals surface area contributed by atoms with Gasteiger partial charge in [0, 0.05) is 11.0 Å². The van der Waals surface area contributed by atoms with Crippen LogP contribution in [0.2, 0.25) is 0 Å². The fourth-order valence-corrected chi connectivity index (χ4v) is 5.34. The van der Waals surface area contributed by atoms with Gasteiger partial charge in [-0.3, -0.25) is 4.79 Å². The summed E-state index contributed by atoms with van der Waals surface area (Å²) < 4.78 is 5.27. The van der Waals surface area contributed by atoms with Crippen molar-refractivity contribution in [1.82, 2.24) is 10.6 Å². The maximum Gasteiger partial charge on any atom is 0.315 e. The second kappa shape index (κ2) is 10.2. The molecule has 2 fully saturated rings. The SMILES string of the molecule is N#CC(C#N)COC(=O)C(CCC[C@@H]1SC[C@@H]2NC(=O)N[C@@H]21)Cc1ccccc1. The van der Waals surface area contributed by atoms with Gasteiger partial charge in [-0.1, -0.05) is 36.8 Å². The van der Waals surface area contributed by atoms with Crippen LogP contribution in [0.3, 0.4) is 0 Å². The molecule has 0 aromatic heterocycles. The summed E-state index contributed by atoms with van der Waals surface area (Å²) in [5.41, 5.74) is 1.05. The summed E-state index contributed by atoms with van der Waals surface area (Å²) in [6, 6.07) is 13.6. The Morgan fingerprint density at radius 3 is 2.72 bits per heavy atom. The van der Waals surface area contributed by atoms with Gasteiger partial charge in [-0.2, -0.15) is 22.3 Å². The van der Waals surface area contributed by atoms with Crippen molar-refractivity contribution < 1.29 is 14.3 Å². The van der Waals surface area contributed by atoms with Crippen LogP contribution in [0.15, 0.2) is 30.3 Å². The highest BCUT2D eigenvalue weighted by molar-refractivity contribution is 8.00. The number of hydrogen-bond donors (Lipinski definition) is 2. The van der Waals surface area contributed by atoms with E-state index in [9.17, 15) is 9.59 Å². The Morgan fingerprint density at radius 2 is 2.00 bits per heavy atom. The third kappa shape index (κ3) is 5.65. The highest BCUT2D eigenvalue weighted by Crippen LogP contribution is 2.33. The maximum atomic E-state index is 12.6. The first kappa shape index (κ1) is 21.0. The summed E-state index contributed by atoms with van der Waals surface area (Å²) in [6.07, 6.45) is 2.97. The number of fused-ring (bicyclic) bond motifs is 1. The topological polar surface area (TPSA) is 115 Å². The van der Waals surface area contributed by atoms with Crippen LogP contribution < -0.4 is 10.6 Å². The molecule has 2 aliphatic heterocycles. The summed E-state index contributed by atoms with van der Waals surface area (Å²) in [5.74, 6) is -0.722. The molecule has 0 spiro atoms. The molecule has 152 valence electrons. The number of esters is 1. The van der Waals surface area contributed by atoms with E-state index in [4.69, 9.17) is 15.3 Å². The lowest BCUT2D eigenvalue weighted by atomic mass is 9.92. The summed E-state index contributed by atoms with van der Waals surface area (Å²) in [7, 11) is 0. The molecule has 1 unspecified atom stereocenters. The lowest BCUT2D eigenvalue weighted by molar-refractivity contribution is -0.149. The van der Waals surface area contributed by atoms with Gasteiger partial charge < -0.3 is 15.4 Å². The molecule has 2 N–H and O–H groups in total. The van der Waals surface area contributed by atoms with E-state index in [1.807, 2.05) is 54.2 Å². The van der Waals surface area contributed by atoms with Gasteiger partial charge in [0.1, 0.15) is 6.61 Å². The zero-order valence-electron chi connectivity index (χ0n) is 16.0. The van der Waals surface area contributed by atoms with Gasteiger partial charge in [-0.05, 0) is 24.8 Å². The van der Waals surface area contributed by atoms with E-state index in [1.54, 1.807) is 0 Å². The molecule has 7 nitrogen and oxygen atoms in total. The van der Waals surface area contributed by atoms with E-state index in [0.29, 0.717) is 18.1 Å². The molecule has 2 heterocycles. The Hall–Kier alpha value is -2.71. The van der Waals surface area contributed by atoms with E-state index >= 15 is 0 Å². The summed E-state index contributed by atoms with van der Waals surface area (Å²) in [4.78, 5) is 24.1. The van der Waals surface area contributed by atoms with Gasteiger partial charge in [0.2, 0.25) is 0 Å². The second-order valence-electron chi connectivity index (χ2n) is 7.38. The Bertz CT molecular complexity index is 790. The average molecular weight is 413 g/mol. The molecule has 0 bridgehead atoms. The van der Waals surface area contributed by atoms with Crippen LogP contribution in [0, 0.1) is 34.5 Å². The van der Waals surface area contributed by atoms with Crippen molar-refractivity contribution in [3.8, 4) is 12.1 Å². The predicted molar refractivity (Wildman–Crippen MR) is 109 cm³/mol. The van der Waals surface area contributed by atoms with Crippen molar-refractivity contribution in [2.45, 2.75) is 43.0 Å². The second-order valence-corrected chi connectivity index (χ2v) is 8.65. The van der Waals surface area contributed by atoms with Crippen molar-refractivity contribution >= 4 is 23.8 Å². The molecular formula is C21H24N4O3S. The fourth-order valence-electron chi connectivity index (χ4n) is 3.80. The maximum absolute atomic E-state index is 12.6. The summed E-state index contributed by atoms with van der Waals surface area (Å²) in [6.45, 7) is -0.197. The number of benzene rings is 1. The minimum atomic E-state index is -0.943. The highest BCUT2D eigenvalue weighted by atomic mass is 32.2. The van der Waals surface area contributed by atoms with Crippen molar-refractivity contribution in [2.24, 2.45) is 11.8 Å². The number of hydrogen-bond acceptors (Lipinski definition) is 6. The zero-order chi connectivity index (χ0) is 20.6. The molecule has 0 radical (unpaired) electrons. The molecule has 0 saturated carbocycles. The molecule has 0 aliphatic carbocycles. The Labute approximate surface area is 174 Å².